The number of aromatic nitrogens is 1. The van der Waals surface area contributed by atoms with Crippen molar-refractivity contribution in [3.8, 4) is 0 Å². The van der Waals surface area contributed by atoms with Gasteiger partial charge in [-0.25, -0.2) is 18.1 Å². The Hall–Kier alpha value is -0.690. The quantitative estimate of drug-likeness (QED) is 0.786. The van der Waals surface area contributed by atoms with Gasteiger partial charge in [-0.05, 0) is 31.4 Å². The summed E-state index contributed by atoms with van der Waals surface area (Å²) in [4.78, 5) is 3.76. The molecule has 7 heteroatoms. The van der Waals surface area contributed by atoms with E-state index in [1.165, 1.54) is 18.3 Å². The summed E-state index contributed by atoms with van der Waals surface area (Å²) < 4.78 is 26.4. The lowest BCUT2D eigenvalue weighted by Crippen LogP contribution is -2.41. The molecule has 0 aromatic carbocycles. The Bertz CT molecular complexity index is 530. The van der Waals surface area contributed by atoms with Crippen LogP contribution in [0.4, 0.5) is 0 Å². The number of aliphatic hydroxyl groups is 1. The fraction of sp³-hybridized carbons (Fsp3) is 0.583. The molecule has 0 radical (unpaired) electrons. The maximum Gasteiger partial charge on any atom is 0.240 e. The number of rotatable bonds is 6. The lowest BCUT2D eigenvalue weighted by Gasteiger charge is -2.25. The molecule has 0 aliphatic rings. The summed E-state index contributed by atoms with van der Waals surface area (Å²) in [6, 6.07) is 2.62. The zero-order valence-electron chi connectivity index (χ0n) is 11.2. The van der Waals surface area contributed by atoms with Crippen molar-refractivity contribution in [2.24, 2.45) is 5.92 Å². The van der Waals surface area contributed by atoms with Gasteiger partial charge >= 0.3 is 0 Å². The summed E-state index contributed by atoms with van der Waals surface area (Å²) in [6.07, 6.45) is 1.83. The molecule has 0 amide bonds. The van der Waals surface area contributed by atoms with E-state index in [-0.39, 0.29) is 22.5 Å². The normalized spacial score (nSPS) is 15.5. The van der Waals surface area contributed by atoms with Crippen molar-refractivity contribution in [2.75, 3.05) is 6.54 Å². The van der Waals surface area contributed by atoms with Gasteiger partial charge in [0.15, 0.2) is 0 Å². The summed E-state index contributed by atoms with van der Waals surface area (Å²) in [6.45, 7) is 5.49. The van der Waals surface area contributed by atoms with Crippen LogP contribution >= 0.6 is 11.6 Å². The SMILES string of the molecule is CC(C)CC(C)(O)CNS(=O)(=O)c1ccnc(Cl)c1. The Morgan fingerprint density at radius 3 is 2.68 bits per heavy atom. The molecule has 5 nitrogen and oxygen atoms in total. The van der Waals surface area contributed by atoms with Gasteiger partial charge in [-0.1, -0.05) is 25.4 Å². The summed E-state index contributed by atoms with van der Waals surface area (Å²) >= 11 is 5.66. The van der Waals surface area contributed by atoms with E-state index in [9.17, 15) is 13.5 Å². The van der Waals surface area contributed by atoms with Crippen LogP contribution in [0, 0.1) is 5.92 Å². The number of nitrogens with one attached hydrogen (secondary N) is 1. The van der Waals surface area contributed by atoms with Crippen molar-refractivity contribution in [3.05, 3.63) is 23.5 Å². The highest BCUT2D eigenvalue weighted by molar-refractivity contribution is 7.89. The minimum absolute atomic E-state index is 0.0350. The van der Waals surface area contributed by atoms with Crippen LogP contribution in [-0.2, 0) is 10.0 Å². The first-order valence-corrected chi connectivity index (χ1v) is 7.82. The van der Waals surface area contributed by atoms with E-state index in [1.54, 1.807) is 6.92 Å². The molecule has 19 heavy (non-hydrogen) atoms. The first-order chi connectivity index (χ1) is 8.62. The predicted octanol–water partition coefficient (Wildman–Crippen LogP) is 1.81. The van der Waals surface area contributed by atoms with Gasteiger partial charge in [-0.3, -0.25) is 0 Å². The average molecular weight is 307 g/mol. The van der Waals surface area contributed by atoms with Gasteiger partial charge in [0, 0.05) is 12.7 Å². The third kappa shape index (κ3) is 5.44. The standard InChI is InChI=1S/C12H19ClN2O3S/c1-9(2)7-12(3,16)8-15-19(17,18)10-4-5-14-11(13)6-10/h4-6,9,15-16H,7-8H2,1-3H3. The lowest BCUT2D eigenvalue weighted by molar-refractivity contribution is 0.0437. The van der Waals surface area contributed by atoms with Gasteiger partial charge in [0.1, 0.15) is 5.15 Å². The summed E-state index contributed by atoms with van der Waals surface area (Å²) in [7, 11) is -3.69. The molecular weight excluding hydrogens is 288 g/mol. The molecule has 2 N–H and O–H groups in total. The molecule has 1 aromatic heterocycles. The smallest absolute Gasteiger partial charge is 0.240 e. The van der Waals surface area contributed by atoms with Crippen LogP contribution in [0.3, 0.4) is 0 Å². The van der Waals surface area contributed by atoms with Crippen molar-refractivity contribution >= 4 is 21.6 Å². The van der Waals surface area contributed by atoms with E-state index in [2.05, 4.69) is 9.71 Å². The number of hydrogen-bond donors (Lipinski definition) is 2. The van der Waals surface area contributed by atoms with E-state index >= 15 is 0 Å². The second kappa shape index (κ2) is 6.17. The van der Waals surface area contributed by atoms with Gasteiger partial charge in [0.05, 0.1) is 10.5 Å². The molecule has 0 aliphatic carbocycles. The molecule has 0 aliphatic heterocycles. The fourth-order valence-electron chi connectivity index (χ4n) is 1.84. The topological polar surface area (TPSA) is 79.3 Å². The van der Waals surface area contributed by atoms with Gasteiger partial charge in [-0.2, -0.15) is 0 Å². The number of sulfonamides is 1. The molecule has 1 heterocycles. The van der Waals surface area contributed by atoms with Crippen molar-refractivity contribution in [1.29, 1.82) is 0 Å². The summed E-state index contributed by atoms with van der Waals surface area (Å²) in [5.74, 6) is 0.273. The predicted molar refractivity (Wildman–Crippen MR) is 74.5 cm³/mol. The highest BCUT2D eigenvalue weighted by Crippen LogP contribution is 2.17. The number of nitrogens with zero attached hydrogens (tertiary/aromatic N) is 1. The number of halogens is 1. The monoisotopic (exact) mass is 306 g/mol. The van der Waals surface area contributed by atoms with Gasteiger partial charge in [-0.15, -0.1) is 0 Å². The maximum absolute atomic E-state index is 12.0. The van der Waals surface area contributed by atoms with E-state index in [1.807, 2.05) is 13.8 Å². The first-order valence-electron chi connectivity index (χ1n) is 5.96. The van der Waals surface area contributed by atoms with E-state index in [4.69, 9.17) is 11.6 Å². The summed E-state index contributed by atoms with van der Waals surface area (Å²) in [5.41, 5.74) is -1.09. The fourth-order valence-corrected chi connectivity index (χ4v) is 3.25. The molecule has 1 aromatic rings. The Kier molecular flexibility index (Phi) is 5.32. The average Bonchev–Trinajstić information content (AvgIpc) is 2.25. The molecule has 0 saturated heterocycles. The molecule has 108 valence electrons. The zero-order valence-corrected chi connectivity index (χ0v) is 12.8. The molecule has 1 atom stereocenters. The van der Waals surface area contributed by atoms with Gasteiger partial charge in [0.2, 0.25) is 10.0 Å². The van der Waals surface area contributed by atoms with E-state index in [0.717, 1.165) is 0 Å². The van der Waals surface area contributed by atoms with Crippen molar-refractivity contribution < 1.29 is 13.5 Å². The molecule has 0 saturated carbocycles. The van der Waals surface area contributed by atoms with Crippen LogP contribution in [0.15, 0.2) is 23.2 Å². The molecular formula is C12H19ClN2O3S. The Labute approximate surface area is 119 Å². The first kappa shape index (κ1) is 16.4. The van der Waals surface area contributed by atoms with Crippen molar-refractivity contribution in [2.45, 2.75) is 37.7 Å². The largest absolute Gasteiger partial charge is 0.389 e. The maximum atomic E-state index is 12.0. The lowest BCUT2D eigenvalue weighted by atomic mass is 9.95. The third-order valence-electron chi connectivity index (χ3n) is 2.50. The summed E-state index contributed by atoms with van der Waals surface area (Å²) in [5, 5.41) is 10.2. The molecule has 0 fully saturated rings. The van der Waals surface area contributed by atoms with Gasteiger partial charge < -0.3 is 5.11 Å². The minimum atomic E-state index is -3.69. The highest BCUT2D eigenvalue weighted by Gasteiger charge is 2.25. The van der Waals surface area contributed by atoms with Gasteiger partial charge in [0.25, 0.3) is 0 Å². The molecule has 1 unspecified atom stereocenters. The molecule has 0 bridgehead atoms. The van der Waals surface area contributed by atoms with Crippen LogP contribution < -0.4 is 4.72 Å². The minimum Gasteiger partial charge on any atom is -0.389 e. The highest BCUT2D eigenvalue weighted by atomic mass is 35.5. The van der Waals surface area contributed by atoms with Crippen LogP contribution in [0.5, 0.6) is 0 Å². The number of pyridine rings is 1. The zero-order chi connectivity index (χ0) is 14.7. The van der Waals surface area contributed by atoms with E-state index in [0.29, 0.717) is 6.42 Å². The third-order valence-corrected chi connectivity index (χ3v) is 4.10. The van der Waals surface area contributed by atoms with E-state index < -0.39 is 15.6 Å². The Morgan fingerprint density at radius 2 is 2.16 bits per heavy atom. The second-order valence-electron chi connectivity index (χ2n) is 5.23. The Balaban J connectivity index is 2.76. The van der Waals surface area contributed by atoms with Crippen LogP contribution in [0.25, 0.3) is 0 Å². The Morgan fingerprint density at radius 1 is 1.53 bits per heavy atom. The van der Waals surface area contributed by atoms with Crippen molar-refractivity contribution in [1.82, 2.24) is 9.71 Å². The number of hydrogen-bond acceptors (Lipinski definition) is 4. The van der Waals surface area contributed by atoms with Crippen LogP contribution in [0.2, 0.25) is 5.15 Å². The molecule has 1 rings (SSSR count). The second-order valence-corrected chi connectivity index (χ2v) is 7.39. The molecule has 0 spiro atoms. The van der Waals surface area contributed by atoms with Crippen LogP contribution in [-0.4, -0.2) is 30.7 Å². The van der Waals surface area contributed by atoms with Crippen molar-refractivity contribution in [3.63, 3.8) is 0 Å². The van der Waals surface area contributed by atoms with Crippen LogP contribution in [0.1, 0.15) is 27.2 Å².